The van der Waals surface area contributed by atoms with Crippen molar-refractivity contribution in [2.45, 2.75) is 27.2 Å². The first-order valence-corrected chi connectivity index (χ1v) is 9.90. The van der Waals surface area contributed by atoms with Crippen molar-refractivity contribution in [2.75, 3.05) is 18.1 Å². The van der Waals surface area contributed by atoms with Crippen LogP contribution in [0.2, 0.25) is 5.02 Å². The highest BCUT2D eigenvalue weighted by molar-refractivity contribution is 6.33. The number of amides is 1. The van der Waals surface area contributed by atoms with Crippen LogP contribution in [-0.4, -0.2) is 30.0 Å². The molecule has 0 aliphatic carbocycles. The van der Waals surface area contributed by atoms with Crippen molar-refractivity contribution in [3.05, 3.63) is 46.5 Å². The molecule has 0 unspecified atom stereocenters. The van der Waals surface area contributed by atoms with E-state index in [2.05, 4.69) is 4.98 Å². The quantitative estimate of drug-likeness (QED) is 0.581. The monoisotopic (exact) mass is 412 g/mol. The van der Waals surface area contributed by atoms with Crippen LogP contribution in [-0.2, 0) is 14.3 Å². The molecule has 7 heteroatoms. The second-order valence-electron chi connectivity index (χ2n) is 7.27. The van der Waals surface area contributed by atoms with Gasteiger partial charge in [-0.25, -0.2) is 4.98 Å². The lowest BCUT2D eigenvalue weighted by atomic mass is 10.1. The summed E-state index contributed by atoms with van der Waals surface area (Å²) in [5.74, 6) is -0.534. The van der Waals surface area contributed by atoms with Crippen molar-refractivity contribution >= 4 is 40.3 Å². The van der Waals surface area contributed by atoms with Gasteiger partial charge in [0.2, 0.25) is 11.8 Å². The summed E-state index contributed by atoms with van der Waals surface area (Å²) in [6, 6.07) is 9.24. The number of fused-ring (bicyclic) bond motifs is 1. The number of oxazole rings is 1. The largest absolute Gasteiger partial charge is 0.466 e. The number of aryl methyl sites for hydroxylation is 2. The number of nitrogens with zero attached hydrogens (tertiary/aromatic N) is 2. The van der Waals surface area contributed by atoms with Gasteiger partial charge in [0.25, 0.3) is 0 Å². The van der Waals surface area contributed by atoms with Gasteiger partial charge in [-0.1, -0.05) is 17.7 Å². The van der Waals surface area contributed by atoms with Crippen LogP contribution in [0.3, 0.4) is 0 Å². The molecule has 1 saturated heterocycles. The summed E-state index contributed by atoms with van der Waals surface area (Å²) in [7, 11) is 0. The lowest BCUT2D eigenvalue weighted by Crippen LogP contribution is -2.26. The van der Waals surface area contributed by atoms with E-state index < -0.39 is 5.92 Å². The summed E-state index contributed by atoms with van der Waals surface area (Å²) in [5, 5.41) is 0.475. The standard InChI is InChI=1S/C22H21ClN2O4/c1-4-28-22(27)14-9-19(26)25(11-14)15-5-6-17(23)16(10-15)21-24-18-8-12(2)7-13(3)20(18)29-21/h5-8,10,14H,4,9,11H2,1-3H3/t14-/m1/s1. The number of carbonyl (C=O) groups is 2. The molecule has 0 radical (unpaired) electrons. The fourth-order valence-corrected chi connectivity index (χ4v) is 3.91. The maximum absolute atomic E-state index is 12.5. The Hall–Kier alpha value is -2.86. The molecule has 0 bridgehead atoms. The molecule has 4 rings (SSSR count). The summed E-state index contributed by atoms with van der Waals surface area (Å²) >= 11 is 6.42. The Kier molecular flexibility index (Phi) is 5.04. The third kappa shape index (κ3) is 3.60. The SMILES string of the molecule is CCOC(=O)[C@@H]1CC(=O)N(c2ccc(Cl)c(-c3nc4cc(C)cc(C)c4o3)c2)C1. The van der Waals surface area contributed by atoms with Crippen LogP contribution < -0.4 is 4.90 Å². The van der Waals surface area contributed by atoms with Crippen LogP contribution in [0.1, 0.15) is 24.5 Å². The lowest BCUT2D eigenvalue weighted by Gasteiger charge is -2.17. The number of esters is 1. The Balaban J connectivity index is 1.69. The van der Waals surface area contributed by atoms with Gasteiger partial charge in [0.1, 0.15) is 5.52 Å². The average Bonchev–Trinajstić information content (AvgIpc) is 3.26. The Morgan fingerprint density at radius 1 is 1.31 bits per heavy atom. The van der Waals surface area contributed by atoms with Gasteiger partial charge < -0.3 is 14.1 Å². The first-order valence-electron chi connectivity index (χ1n) is 9.52. The predicted molar refractivity (Wildman–Crippen MR) is 111 cm³/mol. The second-order valence-corrected chi connectivity index (χ2v) is 7.68. The molecular weight excluding hydrogens is 392 g/mol. The first kappa shape index (κ1) is 19.5. The highest BCUT2D eigenvalue weighted by Gasteiger charge is 2.36. The summed E-state index contributed by atoms with van der Waals surface area (Å²) in [6.07, 6.45) is 0.137. The van der Waals surface area contributed by atoms with Gasteiger partial charge in [-0.05, 0) is 56.2 Å². The fraction of sp³-hybridized carbons (Fsp3) is 0.318. The maximum atomic E-state index is 12.5. The lowest BCUT2D eigenvalue weighted by molar-refractivity contribution is -0.147. The van der Waals surface area contributed by atoms with Crippen LogP contribution in [0.5, 0.6) is 0 Å². The highest BCUT2D eigenvalue weighted by atomic mass is 35.5. The number of anilines is 1. The maximum Gasteiger partial charge on any atom is 0.311 e. The van der Waals surface area contributed by atoms with E-state index in [-0.39, 0.29) is 24.8 Å². The van der Waals surface area contributed by atoms with E-state index in [9.17, 15) is 9.59 Å². The van der Waals surface area contributed by atoms with Gasteiger partial charge in [0, 0.05) is 18.7 Å². The van der Waals surface area contributed by atoms with Crippen molar-refractivity contribution in [1.29, 1.82) is 0 Å². The molecule has 1 aromatic heterocycles. The Morgan fingerprint density at radius 3 is 2.86 bits per heavy atom. The molecule has 2 aromatic carbocycles. The third-order valence-electron chi connectivity index (χ3n) is 5.06. The molecule has 1 amide bonds. The molecule has 2 heterocycles. The van der Waals surface area contributed by atoms with E-state index >= 15 is 0 Å². The Labute approximate surface area is 173 Å². The Morgan fingerprint density at radius 2 is 2.10 bits per heavy atom. The number of aromatic nitrogens is 1. The molecule has 1 aliphatic heterocycles. The van der Waals surface area contributed by atoms with Crippen molar-refractivity contribution in [3.63, 3.8) is 0 Å². The molecule has 3 aromatic rings. The van der Waals surface area contributed by atoms with E-state index in [1.807, 2.05) is 26.0 Å². The number of halogens is 1. The zero-order valence-electron chi connectivity index (χ0n) is 16.5. The van der Waals surface area contributed by atoms with Gasteiger partial charge in [0.15, 0.2) is 5.58 Å². The van der Waals surface area contributed by atoms with Gasteiger partial charge in [-0.3, -0.25) is 9.59 Å². The number of hydrogen-bond acceptors (Lipinski definition) is 5. The summed E-state index contributed by atoms with van der Waals surface area (Å²) in [4.78, 5) is 30.7. The van der Waals surface area contributed by atoms with Crippen LogP contribution in [0.25, 0.3) is 22.6 Å². The van der Waals surface area contributed by atoms with E-state index in [1.165, 1.54) is 0 Å². The molecular formula is C22H21ClN2O4. The number of rotatable bonds is 4. The molecule has 6 nitrogen and oxygen atoms in total. The molecule has 1 atom stereocenters. The molecule has 1 fully saturated rings. The predicted octanol–water partition coefficient (Wildman–Crippen LogP) is 4.68. The van der Waals surface area contributed by atoms with Crippen LogP contribution in [0.4, 0.5) is 5.69 Å². The topological polar surface area (TPSA) is 72.6 Å². The third-order valence-corrected chi connectivity index (χ3v) is 5.39. The van der Waals surface area contributed by atoms with Gasteiger partial charge in [-0.15, -0.1) is 0 Å². The number of ether oxygens (including phenoxy) is 1. The smallest absolute Gasteiger partial charge is 0.311 e. The molecule has 1 aliphatic rings. The molecule has 29 heavy (non-hydrogen) atoms. The molecule has 0 N–H and O–H groups in total. The van der Waals surface area contributed by atoms with Gasteiger partial charge in [0.05, 0.1) is 23.1 Å². The summed E-state index contributed by atoms with van der Waals surface area (Å²) in [6.45, 7) is 6.31. The number of benzene rings is 2. The number of hydrogen-bond donors (Lipinski definition) is 0. The highest BCUT2D eigenvalue weighted by Crippen LogP contribution is 2.36. The summed E-state index contributed by atoms with van der Waals surface area (Å²) in [5.41, 5.74) is 4.83. The van der Waals surface area contributed by atoms with Crippen LogP contribution in [0.15, 0.2) is 34.7 Å². The van der Waals surface area contributed by atoms with E-state index in [0.29, 0.717) is 34.4 Å². The van der Waals surface area contributed by atoms with E-state index in [4.69, 9.17) is 20.8 Å². The molecule has 0 saturated carbocycles. The first-order chi connectivity index (χ1) is 13.9. The van der Waals surface area contributed by atoms with Crippen LogP contribution >= 0.6 is 11.6 Å². The van der Waals surface area contributed by atoms with Crippen molar-refractivity contribution in [1.82, 2.24) is 4.98 Å². The Bertz CT molecular complexity index is 1120. The zero-order chi connectivity index (χ0) is 20.7. The fourth-order valence-electron chi connectivity index (χ4n) is 3.71. The number of carbonyl (C=O) groups excluding carboxylic acids is 2. The summed E-state index contributed by atoms with van der Waals surface area (Å²) < 4.78 is 11.0. The minimum absolute atomic E-state index is 0.125. The normalized spacial score (nSPS) is 16.6. The van der Waals surface area contributed by atoms with Gasteiger partial charge >= 0.3 is 5.97 Å². The minimum atomic E-state index is -0.462. The molecule has 150 valence electrons. The van der Waals surface area contributed by atoms with Crippen molar-refractivity contribution in [3.8, 4) is 11.5 Å². The van der Waals surface area contributed by atoms with E-state index in [0.717, 1.165) is 16.6 Å². The average molecular weight is 413 g/mol. The van der Waals surface area contributed by atoms with Gasteiger partial charge in [-0.2, -0.15) is 0 Å². The second kappa shape index (κ2) is 7.52. The minimum Gasteiger partial charge on any atom is -0.466 e. The van der Waals surface area contributed by atoms with E-state index in [1.54, 1.807) is 30.0 Å². The molecule has 0 spiro atoms. The van der Waals surface area contributed by atoms with Crippen molar-refractivity contribution < 1.29 is 18.7 Å². The van der Waals surface area contributed by atoms with Crippen LogP contribution in [0, 0.1) is 19.8 Å². The zero-order valence-corrected chi connectivity index (χ0v) is 17.2. The van der Waals surface area contributed by atoms with Crippen molar-refractivity contribution in [2.24, 2.45) is 5.92 Å².